The molecule has 1 spiro atoms. The summed E-state index contributed by atoms with van der Waals surface area (Å²) in [6.45, 7) is 3.96. The van der Waals surface area contributed by atoms with E-state index in [-0.39, 0.29) is 42.4 Å². The van der Waals surface area contributed by atoms with Crippen molar-refractivity contribution in [2.45, 2.75) is 56.7 Å². The molecule has 2 fully saturated rings. The highest BCUT2D eigenvalue weighted by Crippen LogP contribution is 2.37. The third-order valence-corrected chi connectivity index (χ3v) is 6.15. The number of piperazine rings is 1. The summed E-state index contributed by atoms with van der Waals surface area (Å²) in [5.41, 5.74) is 7.19. The molecule has 7 heteroatoms. The normalized spacial score (nSPS) is 20.1. The van der Waals surface area contributed by atoms with Gasteiger partial charge < -0.3 is 15.4 Å². The molecule has 0 bridgehead atoms. The van der Waals surface area contributed by atoms with Crippen LogP contribution in [0.25, 0.3) is 0 Å². The number of nitrogens with two attached hydrogens (primary N) is 1. The number of benzene rings is 1. The fourth-order valence-electron chi connectivity index (χ4n) is 4.55. The van der Waals surface area contributed by atoms with Crippen LogP contribution in [0.5, 0.6) is 0 Å². The Morgan fingerprint density at radius 1 is 1.14 bits per heavy atom. The smallest absolute Gasteiger partial charge is 0.225 e. The Hall–Kier alpha value is -0.850. The maximum absolute atomic E-state index is 12.8. The molecule has 5 nitrogen and oxygen atoms in total. The van der Waals surface area contributed by atoms with Crippen molar-refractivity contribution >= 4 is 30.7 Å². The van der Waals surface area contributed by atoms with Crippen molar-refractivity contribution in [2.75, 3.05) is 33.3 Å². The second-order valence-electron chi connectivity index (χ2n) is 7.80. The standard InChI is InChI=1S/C21H33N3O2.2ClH/c1-26-19(15-22)14-20(25)23-12-13-24(16-18-8-4-2-5-9-18)21(17-23)10-6-3-7-11-21;;/h2,4-5,8-9,19H,3,6-7,10-17,22H2,1H3;2*1H. The van der Waals surface area contributed by atoms with E-state index in [9.17, 15) is 4.79 Å². The minimum Gasteiger partial charge on any atom is -0.380 e. The molecular formula is C21H35Cl2N3O2. The fraction of sp³-hybridized carbons (Fsp3) is 0.667. The minimum absolute atomic E-state index is 0. The summed E-state index contributed by atoms with van der Waals surface area (Å²) in [5, 5.41) is 0. The Bertz CT molecular complexity index is 578. The molecule has 1 aromatic carbocycles. The van der Waals surface area contributed by atoms with Gasteiger partial charge in [-0.2, -0.15) is 0 Å². The Balaban J connectivity index is 0.00000196. The zero-order valence-electron chi connectivity index (χ0n) is 16.8. The summed E-state index contributed by atoms with van der Waals surface area (Å²) >= 11 is 0. The zero-order chi connectivity index (χ0) is 18.4. The monoisotopic (exact) mass is 431 g/mol. The number of methoxy groups -OCH3 is 1. The number of carbonyl (C=O) groups excluding carboxylic acids is 1. The lowest BCUT2D eigenvalue weighted by molar-refractivity contribution is -0.141. The SMILES string of the molecule is COC(CN)CC(=O)N1CCN(Cc2ccccc2)C2(CCCCC2)C1.Cl.Cl. The number of rotatable bonds is 6. The van der Waals surface area contributed by atoms with Gasteiger partial charge in [0.25, 0.3) is 0 Å². The van der Waals surface area contributed by atoms with Crippen LogP contribution < -0.4 is 5.73 Å². The van der Waals surface area contributed by atoms with E-state index in [0.717, 1.165) is 26.2 Å². The molecular weight excluding hydrogens is 397 g/mol. The number of hydrogen-bond acceptors (Lipinski definition) is 4. The minimum atomic E-state index is -0.174. The van der Waals surface area contributed by atoms with Crippen molar-refractivity contribution in [3.05, 3.63) is 35.9 Å². The molecule has 28 heavy (non-hydrogen) atoms. The van der Waals surface area contributed by atoms with Gasteiger partial charge >= 0.3 is 0 Å². The first kappa shape index (κ1) is 25.2. The third kappa shape index (κ3) is 6.07. The van der Waals surface area contributed by atoms with Crippen LogP contribution in [0.1, 0.15) is 44.1 Å². The van der Waals surface area contributed by atoms with E-state index >= 15 is 0 Å². The number of halogens is 2. The molecule has 1 aliphatic heterocycles. The van der Waals surface area contributed by atoms with Gasteiger partial charge in [0.05, 0.1) is 12.5 Å². The van der Waals surface area contributed by atoms with Gasteiger partial charge in [0, 0.05) is 45.4 Å². The number of nitrogens with zero attached hydrogens (tertiary/aromatic N) is 2. The van der Waals surface area contributed by atoms with Crippen LogP contribution in [-0.4, -0.2) is 60.6 Å². The first-order valence-electron chi connectivity index (χ1n) is 9.96. The Kier molecular flexibility index (Phi) is 10.8. The summed E-state index contributed by atoms with van der Waals surface area (Å²) < 4.78 is 5.32. The van der Waals surface area contributed by atoms with Crippen molar-refractivity contribution in [2.24, 2.45) is 5.73 Å². The highest BCUT2D eigenvalue weighted by molar-refractivity contribution is 5.85. The predicted octanol–water partition coefficient (Wildman–Crippen LogP) is 3.24. The summed E-state index contributed by atoms with van der Waals surface area (Å²) in [4.78, 5) is 17.5. The molecule has 1 unspecified atom stereocenters. The van der Waals surface area contributed by atoms with Crippen LogP contribution in [0, 0.1) is 0 Å². The van der Waals surface area contributed by atoms with Gasteiger partial charge in [-0.15, -0.1) is 24.8 Å². The molecule has 0 radical (unpaired) electrons. The highest BCUT2D eigenvalue weighted by Gasteiger charge is 2.43. The number of carbonyl (C=O) groups is 1. The first-order valence-corrected chi connectivity index (χ1v) is 9.96. The summed E-state index contributed by atoms with van der Waals surface area (Å²) in [6.07, 6.45) is 6.43. The Morgan fingerprint density at radius 2 is 1.82 bits per heavy atom. The average Bonchev–Trinajstić information content (AvgIpc) is 2.69. The van der Waals surface area contributed by atoms with Crippen LogP contribution in [0.3, 0.4) is 0 Å². The summed E-state index contributed by atoms with van der Waals surface area (Å²) in [5.74, 6) is 0.187. The lowest BCUT2D eigenvalue weighted by Gasteiger charge is -2.53. The molecule has 1 saturated heterocycles. The largest absolute Gasteiger partial charge is 0.380 e. The van der Waals surface area contributed by atoms with Gasteiger partial charge in [-0.1, -0.05) is 49.6 Å². The lowest BCUT2D eigenvalue weighted by atomic mass is 9.78. The van der Waals surface area contributed by atoms with Crippen LogP contribution in [0.4, 0.5) is 0 Å². The van der Waals surface area contributed by atoms with Crippen molar-refractivity contribution < 1.29 is 9.53 Å². The van der Waals surface area contributed by atoms with Crippen LogP contribution in [-0.2, 0) is 16.1 Å². The Labute approximate surface area is 181 Å². The third-order valence-electron chi connectivity index (χ3n) is 6.15. The van der Waals surface area contributed by atoms with E-state index in [1.807, 2.05) is 0 Å². The quantitative estimate of drug-likeness (QED) is 0.750. The van der Waals surface area contributed by atoms with E-state index in [2.05, 4.69) is 40.1 Å². The molecule has 2 aliphatic rings. The van der Waals surface area contributed by atoms with Crippen molar-refractivity contribution in [3.8, 4) is 0 Å². The van der Waals surface area contributed by atoms with Crippen LogP contribution in [0.2, 0.25) is 0 Å². The molecule has 1 aliphatic carbocycles. The summed E-state index contributed by atoms with van der Waals surface area (Å²) in [7, 11) is 1.63. The maximum Gasteiger partial charge on any atom is 0.225 e. The second kappa shape index (κ2) is 12.0. The lowest BCUT2D eigenvalue weighted by Crippen LogP contribution is -2.63. The molecule has 160 valence electrons. The fourth-order valence-corrected chi connectivity index (χ4v) is 4.55. The molecule has 1 atom stereocenters. The summed E-state index contributed by atoms with van der Waals surface area (Å²) in [6, 6.07) is 10.7. The van der Waals surface area contributed by atoms with E-state index in [1.165, 1.54) is 37.7 Å². The number of ether oxygens (including phenoxy) is 1. The highest BCUT2D eigenvalue weighted by atomic mass is 35.5. The van der Waals surface area contributed by atoms with Crippen molar-refractivity contribution in [1.82, 2.24) is 9.80 Å². The number of hydrogen-bond donors (Lipinski definition) is 1. The second-order valence-corrected chi connectivity index (χ2v) is 7.80. The van der Waals surface area contributed by atoms with E-state index in [1.54, 1.807) is 7.11 Å². The van der Waals surface area contributed by atoms with Gasteiger partial charge in [0.2, 0.25) is 5.91 Å². The first-order chi connectivity index (χ1) is 12.7. The van der Waals surface area contributed by atoms with E-state index in [4.69, 9.17) is 10.5 Å². The molecule has 1 aromatic rings. The van der Waals surface area contributed by atoms with Crippen LogP contribution >= 0.6 is 24.8 Å². The van der Waals surface area contributed by atoms with Crippen molar-refractivity contribution in [1.29, 1.82) is 0 Å². The average molecular weight is 432 g/mol. The van der Waals surface area contributed by atoms with Gasteiger partial charge in [0.15, 0.2) is 0 Å². The predicted molar refractivity (Wildman–Crippen MR) is 118 cm³/mol. The molecule has 0 aromatic heterocycles. The molecule has 1 saturated carbocycles. The van der Waals surface area contributed by atoms with Gasteiger partial charge in [0.1, 0.15) is 0 Å². The zero-order valence-corrected chi connectivity index (χ0v) is 18.5. The molecule has 3 rings (SSSR count). The van der Waals surface area contributed by atoms with Gasteiger partial charge in [-0.3, -0.25) is 9.69 Å². The molecule has 1 heterocycles. The molecule has 1 amide bonds. The van der Waals surface area contributed by atoms with Gasteiger partial charge in [-0.05, 0) is 18.4 Å². The topological polar surface area (TPSA) is 58.8 Å². The Morgan fingerprint density at radius 3 is 2.43 bits per heavy atom. The molecule has 2 N–H and O–H groups in total. The van der Waals surface area contributed by atoms with E-state index < -0.39 is 0 Å². The van der Waals surface area contributed by atoms with E-state index in [0.29, 0.717) is 13.0 Å². The van der Waals surface area contributed by atoms with Crippen molar-refractivity contribution in [3.63, 3.8) is 0 Å². The number of amides is 1. The maximum atomic E-state index is 12.8. The van der Waals surface area contributed by atoms with Crippen LogP contribution in [0.15, 0.2) is 30.3 Å². The van der Waals surface area contributed by atoms with Gasteiger partial charge in [-0.25, -0.2) is 0 Å².